The van der Waals surface area contributed by atoms with Gasteiger partial charge in [0.25, 0.3) is 0 Å². The van der Waals surface area contributed by atoms with Crippen LogP contribution in [0.25, 0.3) is 39.1 Å². The van der Waals surface area contributed by atoms with E-state index in [1.54, 1.807) is 12.3 Å². The van der Waals surface area contributed by atoms with Crippen molar-refractivity contribution in [2.45, 2.75) is 0 Å². The van der Waals surface area contributed by atoms with Crippen molar-refractivity contribution < 1.29 is 14.3 Å². The second-order valence-corrected chi connectivity index (χ2v) is 6.38. The summed E-state index contributed by atoms with van der Waals surface area (Å²) >= 11 is 0. The summed E-state index contributed by atoms with van der Waals surface area (Å²) in [7, 11) is 0. The molecule has 0 aliphatic carbocycles. The lowest BCUT2D eigenvalue weighted by Crippen LogP contribution is -2.37. The third-order valence-electron chi connectivity index (χ3n) is 4.67. The molecule has 1 aliphatic heterocycles. The van der Waals surface area contributed by atoms with E-state index in [-0.39, 0.29) is 11.5 Å². The lowest BCUT2D eigenvalue weighted by Gasteiger charge is -2.27. The van der Waals surface area contributed by atoms with E-state index in [0.717, 1.165) is 16.5 Å². The molecule has 0 amide bonds. The number of rotatable bonds is 3. The van der Waals surface area contributed by atoms with Crippen LogP contribution in [0, 0.1) is 0 Å². The highest BCUT2D eigenvalue weighted by molar-refractivity contribution is 5.95. The summed E-state index contributed by atoms with van der Waals surface area (Å²) in [5, 5.41) is 17.8. The Morgan fingerprint density at radius 2 is 2.07 bits per heavy atom. The monoisotopic (exact) mass is 363 g/mol. The van der Waals surface area contributed by atoms with Gasteiger partial charge in [-0.2, -0.15) is 5.10 Å². The van der Waals surface area contributed by atoms with Crippen molar-refractivity contribution >= 4 is 33.6 Å². The Labute approximate surface area is 154 Å². The Kier molecular flexibility index (Phi) is 3.58. The fraction of sp³-hybridized carbons (Fsp3) is 0.211. The molecule has 2 N–H and O–H groups in total. The number of aromatic nitrogens is 4. The number of aliphatic hydroxyl groups excluding tert-OH is 1. The number of nitrogens with one attached hydrogen (secondary N) is 1. The highest BCUT2D eigenvalue weighted by Crippen LogP contribution is 2.33. The molecule has 8 heteroatoms. The highest BCUT2D eigenvalue weighted by Gasteiger charge is 2.22. The second-order valence-electron chi connectivity index (χ2n) is 6.38. The van der Waals surface area contributed by atoms with E-state index in [1.807, 2.05) is 18.2 Å². The molecular formula is C19H17N5O3. The third kappa shape index (κ3) is 2.61. The zero-order valence-electron chi connectivity index (χ0n) is 14.5. The molecule has 1 fully saturated rings. The first kappa shape index (κ1) is 15.8. The van der Waals surface area contributed by atoms with E-state index in [9.17, 15) is 5.11 Å². The largest absolute Gasteiger partial charge is 0.505 e. The minimum atomic E-state index is -0.139. The van der Waals surface area contributed by atoms with Gasteiger partial charge in [0, 0.05) is 30.1 Å². The van der Waals surface area contributed by atoms with Crippen LogP contribution in [0.2, 0.25) is 0 Å². The lowest BCUT2D eigenvalue weighted by molar-refractivity contribution is 0.122. The number of H-pyrrole nitrogens is 1. The summed E-state index contributed by atoms with van der Waals surface area (Å²) in [4.78, 5) is 11.6. The van der Waals surface area contributed by atoms with E-state index in [2.05, 4.69) is 26.7 Å². The zero-order chi connectivity index (χ0) is 18.4. The molecule has 1 aromatic carbocycles. The van der Waals surface area contributed by atoms with Crippen LogP contribution < -0.4 is 4.90 Å². The number of anilines is 1. The highest BCUT2D eigenvalue weighted by atomic mass is 16.5. The smallest absolute Gasteiger partial charge is 0.195 e. The Hall–Kier alpha value is -3.39. The van der Waals surface area contributed by atoms with Crippen LogP contribution in [0.1, 0.15) is 5.76 Å². The molecule has 4 aromatic rings. The summed E-state index contributed by atoms with van der Waals surface area (Å²) in [5.74, 6) is 1.41. The van der Waals surface area contributed by atoms with Gasteiger partial charge in [0.15, 0.2) is 28.7 Å². The molecule has 8 nitrogen and oxygen atoms in total. The number of aliphatic hydroxyl groups is 1. The molecule has 0 saturated carbocycles. The van der Waals surface area contributed by atoms with Crippen LogP contribution in [0.15, 0.2) is 41.5 Å². The summed E-state index contributed by atoms with van der Waals surface area (Å²) in [6, 6.07) is 7.55. The van der Waals surface area contributed by atoms with Gasteiger partial charge >= 0.3 is 0 Å². The number of aromatic amines is 1. The average Bonchev–Trinajstić information content (AvgIpc) is 3.34. The average molecular weight is 363 g/mol. The van der Waals surface area contributed by atoms with Crippen LogP contribution in [0.5, 0.6) is 0 Å². The van der Waals surface area contributed by atoms with Crippen LogP contribution in [0.4, 0.5) is 5.82 Å². The quantitative estimate of drug-likeness (QED) is 0.539. The van der Waals surface area contributed by atoms with Gasteiger partial charge in [-0.05, 0) is 6.07 Å². The number of fused-ring (bicyclic) bond motifs is 2. The number of furan rings is 1. The van der Waals surface area contributed by atoms with Crippen LogP contribution in [-0.4, -0.2) is 51.6 Å². The maximum atomic E-state index is 9.74. The zero-order valence-corrected chi connectivity index (χ0v) is 14.5. The van der Waals surface area contributed by atoms with Gasteiger partial charge in [-0.15, -0.1) is 0 Å². The van der Waals surface area contributed by atoms with Crippen molar-refractivity contribution in [3.05, 3.63) is 42.8 Å². The van der Waals surface area contributed by atoms with E-state index >= 15 is 0 Å². The van der Waals surface area contributed by atoms with Crippen LogP contribution in [-0.2, 0) is 4.74 Å². The molecule has 136 valence electrons. The van der Waals surface area contributed by atoms with Gasteiger partial charge in [-0.25, -0.2) is 9.97 Å². The Morgan fingerprint density at radius 3 is 2.89 bits per heavy atom. The molecule has 27 heavy (non-hydrogen) atoms. The number of hydrogen-bond acceptors (Lipinski definition) is 7. The second kappa shape index (κ2) is 6.10. The van der Waals surface area contributed by atoms with Crippen molar-refractivity contribution in [1.82, 2.24) is 20.2 Å². The Bertz CT molecular complexity index is 1160. The molecule has 0 bridgehead atoms. The minimum Gasteiger partial charge on any atom is -0.505 e. The van der Waals surface area contributed by atoms with Gasteiger partial charge < -0.3 is 19.2 Å². The number of benzene rings is 1. The summed E-state index contributed by atoms with van der Waals surface area (Å²) < 4.78 is 11.3. The van der Waals surface area contributed by atoms with E-state index in [0.29, 0.717) is 49.0 Å². The normalized spacial score (nSPS) is 14.9. The first-order valence-corrected chi connectivity index (χ1v) is 8.66. The first-order valence-electron chi connectivity index (χ1n) is 8.66. The summed E-state index contributed by atoms with van der Waals surface area (Å²) in [6.45, 7) is 6.20. The molecule has 1 aliphatic rings. The molecule has 5 rings (SSSR count). The molecule has 0 spiro atoms. The molecule has 1 saturated heterocycles. The minimum absolute atomic E-state index is 0.139. The van der Waals surface area contributed by atoms with Crippen molar-refractivity contribution in [1.29, 1.82) is 0 Å². The van der Waals surface area contributed by atoms with Gasteiger partial charge in [-0.1, -0.05) is 18.7 Å². The van der Waals surface area contributed by atoms with Crippen molar-refractivity contribution in [3.63, 3.8) is 0 Å². The lowest BCUT2D eigenvalue weighted by atomic mass is 10.1. The van der Waals surface area contributed by atoms with Crippen LogP contribution >= 0.6 is 0 Å². The third-order valence-corrected chi connectivity index (χ3v) is 4.67. The van der Waals surface area contributed by atoms with Crippen molar-refractivity contribution in [3.8, 4) is 11.4 Å². The Balaban J connectivity index is 1.75. The van der Waals surface area contributed by atoms with Gasteiger partial charge in [0.1, 0.15) is 5.52 Å². The van der Waals surface area contributed by atoms with E-state index < -0.39 is 0 Å². The fourth-order valence-electron chi connectivity index (χ4n) is 3.33. The Morgan fingerprint density at radius 1 is 1.22 bits per heavy atom. The summed E-state index contributed by atoms with van der Waals surface area (Å²) in [5.41, 5.74) is 2.95. The fourth-order valence-corrected chi connectivity index (χ4v) is 3.33. The number of morpholine rings is 1. The topological polar surface area (TPSA) is 100 Å². The maximum absolute atomic E-state index is 9.74. The van der Waals surface area contributed by atoms with Crippen molar-refractivity contribution in [2.24, 2.45) is 0 Å². The molecule has 0 radical (unpaired) electrons. The number of nitrogens with zero attached hydrogens (tertiary/aromatic N) is 4. The molecule has 4 heterocycles. The number of ether oxygens (including phenoxy) is 1. The molecule has 3 aromatic heterocycles. The number of hydrogen-bond donors (Lipinski definition) is 2. The van der Waals surface area contributed by atoms with E-state index in [4.69, 9.17) is 14.1 Å². The SMILES string of the molecule is C=C(O)c1cc2nc(-c3cccc4[nH]ncc34)nc(N3CCOCC3)c2o1. The predicted octanol–water partition coefficient (Wildman–Crippen LogP) is 3.13. The maximum Gasteiger partial charge on any atom is 0.195 e. The first-order chi connectivity index (χ1) is 13.2. The van der Waals surface area contributed by atoms with E-state index in [1.165, 1.54) is 0 Å². The molecule has 0 atom stereocenters. The summed E-state index contributed by atoms with van der Waals surface area (Å²) in [6.07, 6.45) is 1.77. The molecule has 0 unspecified atom stereocenters. The van der Waals surface area contributed by atoms with Crippen molar-refractivity contribution in [2.75, 3.05) is 31.2 Å². The van der Waals surface area contributed by atoms with Gasteiger partial charge in [-0.3, -0.25) is 5.10 Å². The van der Waals surface area contributed by atoms with Gasteiger partial charge in [0.05, 0.1) is 24.9 Å². The molecular weight excluding hydrogens is 346 g/mol. The van der Waals surface area contributed by atoms with Gasteiger partial charge in [0.2, 0.25) is 0 Å². The predicted molar refractivity (Wildman–Crippen MR) is 102 cm³/mol. The van der Waals surface area contributed by atoms with Crippen LogP contribution in [0.3, 0.4) is 0 Å². The standard InChI is InChI=1S/C19H17N5O3/c1-11(25)16-9-15-17(27-16)19(24-5-7-26-8-6-24)22-18(21-15)12-3-2-4-14-13(12)10-20-23-14/h2-4,9-10,25H,1,5-8H2,(H,20,23).